The van der Waals surface area contributed by atoms with Gasteiger partial charge in [-0.2, -0.15) is 3.97 Å². The third-order valence-corrected chi connectivity index (χ3v) is 6.24. The Morgan fingerprint density at radius 3 is 2.04 bits per heavy atom. The summed E-state index contributed by atoms with van der Waals surface area (Å²) in [7, 11) is -4.23. The van der Waals surface area contributed by atoms with Crippen LogP contribution < -0.4 is 11.2 Å². The van der Waals surface area contributed by atoms with E-state index in [0.717, 1.165) is 4.57 Å². The Morgan fingerprint density at radius 2 is 1.36 bits per heavy atom. The molecule has 8 heteroatoms. The quantitative estimate of drug-likeness (QED) is 0.518. The number of halogens is 1. The number of hydrogen-bond donors (Lipinski definition) is 0. The predicted molar refractivity (Wildman–Crippen MR) is 108 cm³/mol. The van der Waals surface area contributed by atoms with Crippen molar-refractivity contribution in [3.63, 3.8) is 0 Å². The van der Waals surface area contributed by atoms with Crippen LogP contribution in [0, 0.1) is 0 Å². The number of rotatable bonds is 3. The minimum atomic E-state index is -4.23. The highest BCUT2D eigenvalue weighted by atomic mass is 35.5. The van der Waals surface area contributed by atoms with Crippen LogP contribution in [0.5, 0.6) is 0 Å². The van der Waals surface area contributed by atoms with Gasteiger partial charge in [0.1, 0.15) is 0 Å². The summed E-state index contributed by atoms with van der Waals surface area (Å²) in [5.41, 5.74) is -1.34. The van der Waals surface area contributed by atoms with Crippen LogP contribution in [0.2, 0.25) is 5.02 Å². The maximum atomic E-state index is 13.2. The molecule has 0 amide bonds. The van der Waals surface area contributed by atoms with Gasteiger partial charge in [0.2, 0.25) is 0 Å². The maximum absolute atomic E-state index is 13.2. The first-order valence-corrected chi connectivity index (χ1v) is 10.1. The van der Waals surface area contributed by atoms with Gasteiger partial charge < -0.3 is 0 Å². The minimum absolute atomic E-state index is 0.0200. The summed E-state index contributed by atoms with van der Waals surface area (Å²) in [5, 5.41) is 0.534. The minimum Gasteiger partial charge on any atom is -0.268 e. The van der Waals surface area contributed by atoms with Crippen molar-refractivity contribution in [3.05, 3.63) is 105 Å². The molecule has 0 saturated heterocycles. The first-order valence-electron chi connectivity index (χ1n) is 8.24. The molecule has 0 radical (unpaired) electrons. The highest BCUT2D eigenvalue weighted by Gasteiger charge is 2.24. The average Bonchev–Trinajstić information content (AvgIpc) is 2.70. The van der Waals surface area contributed by atoms with Crippen LogP contribution in [-0.2, 0) is 10.0 Å². The summed E-state index contributed by atoms with van der Waals surface area (Å²) in [6, 6.07) is 19.7. The van der Waals surface area contributed by atoms with Gasteiger partial charge in [0.25, 0.3) is 15.6 Å². The molecule has 140 valence electrons. The van der Waals surface area contributed by atoms with Crippen LogP contribution in [0.3, 0.4) is 0 Å². The van der Waals surface area contributed by atoms with Crippen molar-refractivity contribution >= 4 is 32.5 Å². The third kappa shape index (κ3) is 2.85. The number of aromatic nitrogens is 2. The van der Waals surface area contributed by atoms with E-state index in [1.165, 1.54) is 48.5 Å². The summed E-state index contributed by atoms with van der Waals surface area (Å²) >= 11 is 5.89. The monoisotopic (exact) mass is 412 g/mol. The molecule has 0 unspecified atom stereocenters. The molecular weight excluding hydrogens is 400 g/mol. The molecule has 1 aromatic heterocycles. The van der Waals surface area contributed by atoms with E-state index in [2.05, 4.69) is 0 Å². The lowest BCUT2D eigenvalue weighted by Gasteiger charge is -2.14. The Hall–Kier alpha value is -3.16. The predicted octanol–water partition coefficient (Wildman–Crippen LogP) is 3.04. The lowest BCUT2D eigenvalue weighted by Crippen LogP contribution is -2.41. The molecule has 4 aromatic rings. The molecular formula is C20H13ClN2O4S. The lowest BCUT2D eigenvalue weighted by molar-refractivity contribution is 0.584. The van der Waals surface area contributed by atoms with Gasteiger partial charge in [-0.3, -0.25) is 4.79 Å². The molecule has 28 heavy (non-hydrogen) atoms. The van der Waals surface area contributed by atoms with Crippen molar-refractivity contribution in [2.75, 3.05) is 0 Å². The molecule has 3 aromatic carbocycles. The average molecular weight is 413 g/mol. The summed E-state index contributed by atoms with van der Waals surface area (Å²) < 4.78 is 28.0. The zero-order valence-electron chi connectivity index (χ0n) is 14.3. The summed E-state index contributed by atoms with van der Waals surface area (Å²) in [6.07, 6.45) is 0. The van der Waals surface area contributed by atoms with Gasteiger partial charge in [0, 0.05) is 5.02 Å². The molecule has 6 nitrogen and oxygen atoms in total. The molecule has 0 bridgehead atoms. The number of hydrogen-bond acceptors (Lipinski definition) is 4. The van der Waals surface area contributed by atoms with E-state index in [-0.39, 0.29) is 21.5 Å². The highest BCUT2D eigenvalue weighted by Crippen LogP contribution is 2.18. The van der Waals surface area contributed by atoms with Crippen LogP contribution in [0.4, 0.5) is 0 Å². The van der Waals surface area contributed by atoms with Crippen LogP contribution in [0.1, 0.15) is 0 Å². The van der Waals surface area contributed by atoms with Gasteiger partial charge >= 0.3 is 5.69 Å². The standard InChI is InChI=1S/C20H13ClN2O4S/c21-14-10-12-15(13-11-14)22-19(24)17-8-4-5-9-18(17)23(20(22)25)28(26,27)16-6-2-1-3-7-16/h1-13H. The van der Waals surface area contributed by atoms with Crippen LogP contribution >= 0.6 is 11.6 Å². The number of nitrogens with zero attached hydrogens (tertiary/aromatic N) is 2. The SMILES string of the molecule is O=c1c2ccccc2n(S(=O)(=O)c2ccccc2)c(=O)n1-c1ccc(Cl)cc1. The second-order valence-electron chi connectivity index (χ2n) is 6.00. The molecule has 0 fully saturated rings. The number of benzene rings is 3. The largest absolute Gasteiger partial charge is 0.350 e. The van der Waals surface area contributed by atoms with Crippen LogP contribution in [-0.4, -0.2) is 17.0 Å². The second-order valence-corrected chi connectivity index (χ2v) is 8.22. The van der Waals surface area contributed by atoms with Gasteiger partial charge in [0.05, 0.1) is 21.5 Å². The first-order chi connectivity index (χ1) is 13.4. The van der Waals surface area contributed by atoms with Gasteiger partial charge in [0.15, 0.2) is 0 Å². The maximum Gasteiger partial charge on any atom is 0.350 e. The first kappa shape index (κ1) is 18.2. The fourth-order valence-electron chi connectivity index (χ4n) is 2.98. The molecule has 0 N–H and O–H groups in total. The van der Waals surface area contributed by atoms with Crippen LogP contribution in [0.25, 0.3) is 16.6 Å². The Morgan fingerprint density at radius 1 is 0.750 bits per heavy atom. The summed E-state index contributed by atoms with van der Waals surface area (Å²) in [5.74, 6) is 0. The zero-order valence-corrected chi connectivity index (χ0v) is 15.9. The van der Waals surface area contributed by atoms with Gasteiger partial charge in [-0.1, -0.05) is 41.9 Å². The Balaban J connectivity index is 2.17. The van der Waals surface area contributed by atoms with Crippen LogP contribution in [0.15, 0.2) is 93.3 Å². The number of para-hydroxylation sites is 1. The molecule has 0 spiro atoms. The lowest BCUT2D eigenvalue weighted by atomic mass is 10.2. The Labute approximate surface area is 164 Å². The smallest absolute Gasteiger partial charge is 0.268 e. The van der Waals surface area contributed by atoms with E-state index >= 15 is 0 Å². The normalized spacial score (nSPS) is 11.6. The molecule has 0 atom stereocenters. The van der Waals surface area contributed by atoms with E-state index < -0.39 is 21.3 Å². The van der Waals surface area contributed by atoms with Crippen molar-refractivity contribution in [1.29, 1.82) is 0 Å². The summed E-state index contributed by atoms with van der Waals surface area (Å²) in [4.78, 5) is 26.1. The molecule has 1 heterocycles. The van der Waals surface area contributed by atoms with Crippen molar-refractivity contribution in [1.82, 2.24) is 8.54 Å². The van der Waals surface area contributed by atoms with Crippen molar-refractivity contribution in [2.45, 2.75) is 4.90 Å². The Bertz CT molecular complexity index is 1410. The van der Waals surface area contributed by atoms with Crippen molar-refractivity contribution < 1.29 is 8.42 Å². The van der Waals surface area contributed by atoms with E-state index in [9.17, 15) is 18.0 Å². The molecule has 0 aliphatic heterocycles. The van der Waals surface area contributed by atoms with E-state index in [0.29, 0.717) is 9.00 Å². The molecule has 0 aliphatic rings. The Kier molecular flexibility index (Phi) is 4.41. The third-order valence-electron chi connectivity index (χ3n) is 4.29. The molecule has 0 saturated carbocycles. The molecule has 0 aliphatic carbocycles. The topological polar surface area (TPSA) is 78.1 Å². The second kappa shape index (κ2) is 6.78. The summed E-state index contributed by atoms with van der Waals surface area (Å²) in [6.45, 7) is 0. The zero-order chi connectivity index (χ0) is 19.9. The highest BCUT2D eigenvalue weighted by molar-refractivity contribution is 7.90. The van der Waals surface area contributed by atoms with Crippen molar-refractivity contribution in [2.24, 2.45) is 0 Å². The van der Waals surface area contributed by atoms with Gasteiger partial charge in [-0.15, -0.1) is 0 Å². The van der Waals surface area contributed by atoms with Gasteiger partial charge in [-0.05, 0) is 48.5 Å². The number of fused-ring (bicyclic) bond motifs is 1. The molecule has 4 rings (SSSR count). The van der Waals surface area contributed by atoms with Gasteiger partial charge in [-0.25, -0.2) is 17.8 Å². The van der Waals surface area contributed by atoms with E-state index in [4.69, 9.17) is 11.6 Å². The van der Waals surface area contributed by atoms with Crippen molar-refractivity contribution in [3.8, 4) is 5.69 Å². The van der Waals surface area contributed by atoms with E-state index in [1.54, 1.807) is 30.3 Å². The van der Waals surface area contributed by atoms with E-state index in [1.807, 2.05) is 0 Å². The fraction of sp³-hybridized carbons (Fsp3) is 0. The fourth-order valence-corrected chi connectivity index (χ4v) is 4.52.